The topological polar surface area (TPSA) is 335 Å². The minimum atomic E-state index is -3.68. The summed E-state index contributed by atoms with van der Waals surface area (Å²) in [6.45, 7) is 17.7. The van der Waals surface area contributed by atoms with Crippen molar-refractivity contribution in [1.82, 2.24) is 18.3 Å². The molecule has 0 aliphatic heterocycles. The van der Waals surface area contributed by atoms with Gasteiger partial charge < -0.3 is 54.6 Å². The van der Waals surface area contributed by atoms with E-state index in [2.05, 4.69) is 33.2 Å². The van der Waals surface area contributed by atoms with Crippen LogP contribution in [0.1, 0.15) is 58.9 Å². The van der Waals surface area contributed by atoms with Crippen molar-refractivity contribution >= 4 is 71.3 Å². The molecule has 0 radical (unpaired) electrons. The number of pyridine rings is 4. The number of aromatic nitrogens is 4. The van der Waals surface area contributed by atoms with E-state index in [4.69, 9.17) is 25.7 Å². The van der Waals surface area contributed by atoms with Crippen LogP contribution in [0.3, 0.4) is 0 Å². The van der Waals surface area contributed by atoms with E-state index in [1.165, 1.54) is 86.1 Å². The third-order valence-electron chi connectivity index (χ3n) is 18.0. The van der Waals surface area contributed by atoms with E-state index < -0.39 is 54.9 Å². The van der Waals surface area contributed by atoms with Gasteiger partial charge in [0.05, 0.1) is 0 Å². The van der Waals surface area contributed by atoms with E-state index in [9.17, 15) is 63.6 Å². The summed E-state index contributed by atoms with van der Waals surface area (Å²) in [7, 11) is -0.763. The molecule has 8 aromatic carbocycles. The van der Waals surface area contributed by atoms with Crippen molar-refractivity contribution in [3.05, 3.63) is 341 Å². The lowest BCUT2D eigenvalue weighted by molar-refractivity contribution is -0.112. The number of anilines is 4. The highest BCUT2D eigenvalue weighted by molar-refractivity contribution is 7.95. The van der Waals surface area contributed by atoms with Crippen molar-refractivity contribution in [3.8, 4) is 79.0 Å². The number of halogens is 3. The van der Waals surface area contributed by atoms with Crippen LogP contribution in [0.25, 0.3) is 55.3 Å². The van der Waals surface area contributed by atoms with Crippen LogP contribution in [0, 0.1) is 38.2 Å². The van der Waals surface area contributed by atoms with E-state index in [0.717, 1.165) is 50.1 Å². The molecule has 4 heterocycles. The van der Waals surface area contributed by atoms with Crippen LogP contribution in [0.4, 0.5) is 35.9 Å². The van der Waals surface area contributed by atoms with Crippen molar-refractivity contribution < 1.29 is 58.6 Å². The quantitative estimate of drug-likeness (QED) is 0.0306. The molecule has 0 spiro atoms. The van der Waals surface area contributed by atoms with Gasteiger partial charge in [0.2, 0.25) is 11.8 Å². The maximum absolute atomic E-state index is 14.4. The highest BCUT2D eigenvalue weighted by atomic mass is 32.2. The number of nitrogens with one attached hydrogen (secondary N) is 4. The summed E-state index contributed by atoms with van der Waals surface area (Å²) >= 11 is 0. The number of aryl methyl sites for hydroxylation is 9. The van der Waals surface area contributed by atoms with Crippen LogP contribution in [-0.2, 0) is 70.7 Å². The van der Waals surface area contributed by atoms with Crippen molar-refractivity contribution in [2.75, 3.05) is 26.6 Å². The Bertz CT molecular complexity index is 6490. The molecule has 0 bridgehead atoms. The second-order valence-corrected chi connectivity index (χ2v) is 30.2. The highest BCUT2D eigenvalue weighted by Gasteiger charge is 2.22. The molecule has 12 rings (SSSR count). The number of nitrogens with zero attached hydrogens (tertiary/aromatic N) is 4. The molecule has 24 nitrogen and oxygen atoms in total. The van der Waals surface area contributed by atoms with Crippen LogP contribution in [0.15, 0.2) is 268 Å². The Morgan fingerprint density at radius 3 is 1.30 bits per heavy atom. The normalized spacial score (nSPS) is 11.1. The molecule has 119 heavy (non-hydrogen) atoms. The first-order valence-corrected chi connectivity index (χ1v) is 39.9. The number of nitrogens with two attached hydrogens (primary N) is 2. The second-order valence-electron chi connectivity index (χ2n) is 27.0. The molecular formula is C90H87F3N10O14S2. The third-order valence-corrected chi connectivity index (χ3v) is 20.1. The highest BCUT2D eigenvalue weighted by Crippen LogP contribution is 2.41. The van der Waals surface area contributed by atoms with E-state index in [1.54, 1.807) is 183 Å². The first kappa shape index (κ1) is 88.8. The summed E-state index contributed by atoms with van der Waals surface area (Å²) in [5, 5.41) is 8.76. The van der Waals surface area contributed by atoms with Gasteiger partial charge in [0.1, 0.15) is 22.8 Å². The van der Waals surface area contributed by atoms with Gasteiger partial charge in [-0.05, 0) is 202 Å². The fraction of sp³-hybridized carbons (Fsp3) is 0.144. The molecule has 0 saturated carbocycles. The van der Waals surface area contributed by atoms with Gasteiger partial charge in [-0.1, -0.05) is 87.7 Å². The number of carbonyl (C=O) groups is 3. The standard InChI is InChI=1S/C25H26FN3O3.C24H25FN2O4S.C23H20FN3O4.C18H16N2O3S/c1-4-17-13-18(15-29(3)25(17)31)20-14-19(28-24(30)6-5-11-27)8-10-22(20)32-23-9-7-16(2)12-21(23)26;1-5-11-32(29,30)26-19-8-10-22(31-23-9-7-16(3)12-21(23)25)20(14-19)18-13-17(6-2)24(28)27(4)15-18;1-4-21(28)26-15-6-8-19(31-20-7-5-13(2)9-18(20)24)16(11-15)14-10-17(22(25)29)23(30)27(3)12-14;1-3-24(22,23)19-14-8-6-7-13(11-14)17-12-20(2)18(21)16-10-5-4-9-15(16)17/h5-10,12-15H,4,11,27H2,1-3H3,(H,28,30);5,7-15,26H,6H2,1-4H3;4-12H,1H2,2-3H3,(H2,25,29)(H,26,28);3-12,19H,1H2,2H3/b6-5+;11-5+;;. The predicted molar refractivity (Wildman–Crippen MR) is 463 cm³/mol. The smallest absolute Gasteiger partial charge is 0.263 e. The maximum Gasteiger partial charge on any atom is 0.263 e. The van der Waals surface area contributed by atoms with Crippen molar-refractivity contribution in [3.63, 3.8) is 0 Å². The maximum atomic E-state index is 14.4. The van der Waals surface area contributed by atoms with Crippen LogP contribution in [0.5, 0.6) is 34.5 Å². The number of allylic oxidation sites excluding steroid dienone is 1. The van der Waals surface area contributed by atoms with Gasteiger partial charge in [-0.25, -0.2) is 30.0 Å². The molecule has 0 fully saturated rings. The summed E-state index contributed by atoms with van der Waals surface area (Å²) in [6.07, 6.45) is 13.1. The number of hydrogen-bond acceptors (Lipinski definition) is 15. The Morgan fingerprint density at radius 2 is 0.866 bits per heavy atom. The number of rotatable bonds is 24. The first-order valence-electron chi connectivity index (χ1n) is 36.8. The fourth-order valence-corrected chi connectivity index (χ4v) is 13.5. The number of ether oxygens (including phenoxy) is 3. The number of benzene rings is 8. The van der Waals surface area contributed by atoms with Gasteiger partial charge in [0.15, 0.2) is 34.7 Å². The SMILES string of the molecule is C/C=C/S(=O)(=O)Nc1ccc(Oc2ccc(C)cc2F)c(-c2cc(CC)c(=O)n(C)c2)c1.C=CC(=O)Nc1ccc(Oc2ccc(C)cc2F)c(-c2cc(C(N)=O)c(=O)n(C)c2)c1.C=CS(=O)(=O)Nc1cccc(-c2cn(C)c(=O)c3ccccc23)c1.CCc1cc(-c2cc(NC(=O)/C=C/CN)ccc2Oc2ccc(C)cc2F)cn(C)c1=O. The van der Waals surface area contributed by atoms with E-state index in [0.29, 0.717) is 97.0 Å². The van der Waals surface area contributed by atoms with E-state index >= 15 is 0 Å². The molecule has 4 aromatic heterocycles. The lowest BCUT2D eigenvalue weighted by Crippen LogP contribution is -2.27. The lowest BCUT2D eigenvalue weighted by Gasteiger charge is -2.16. The minimum absolute atomic E-state index is 0.00493. The van der Waals surface area contributed by atoms with Gasteiger partial charge in [-0.3, -0.25) is 43.0 Å². The lowest BCUT2D eigenvalue weighted by atomic mass is 10.0. The zero-order valence-corrected chi connectivity index (χ0v) is 68.3. The Labute approximate surface area is 685 Å². The zero-order chi connectivity index (χ0) is 86.7. The fourth-order valence-electron chi connectivity index (χ4n) is 12.1. The summed E-state index contributed by atoms with van der Waals surface area (Å²) in [6, 6.07) is 47.6. The molecule has 29 heteroatoms. The van der Waals surface area contributed by atoms with Gasteiger partial charge in [0.25, 0.3) is 48.2 Å². The molecular weight excluding hydrogens is 1570 g/mol. The van der Waals surface area contributed by atoms with Crippen LogP contribution >= 0.6 is 0 Å². The summed E-state index contributed by atoms with van der Waals surface area (Å²) in [5.74, 6) is -2.09. The molecule has 8 N–H and O–H groups in total. The largest absolute Gasteiger partial charge is 0.454 e. The molecule has 614 valence electrons. The van der Waals surface area contributed by atoms with Crippen LogP contribution in [0.2, 0.25) is 0 Å². The van der Waals surface area contributed by atoms with Gasteiger partial charge in [-0.15, -0.1) is 0 Å². The zero-order valence-electron chi connectivity index (χ0n) is 66.7. The average Bonchev–Trinajstić information content (AvgIpc) is 0.805. The number of amides is 3. The monoisotopic (exact) mass is 1650 g/mol. The molecule has 0 aliphatic rings. The summed E-state index contributed by atoms with van der Waals surface area (Å²) in [4.78, 5) is 84.7. The molecule has 12 aromatic rings. The van der Waals surface area contributed by atoms with Crippen molar-refractivity contribution in [2.24, 2.45) is 39.7 Å². The number of carbonyl (C=O) groups excluding carboxylic acids is 3. The van der Waals surface area contributed by atoms with Crippen LogP contribution < -0.4 is 68.0 Å². The average molecular weight is 1650 g/mol. The Balaban J connectivity index is 0.000000182. The molecule has 0 saturated heterocycles. The van der Waals surface area contributed by atoms with Gasteiger partial charge in [-0.2, -0.15) is 0 Å². The molecule has 0 atom stereocenters. The Hall–Kier alpha value is -14.2. The Morgan fingerprint density at radius 1 is 0.454 bits per heavy atom. The van der Waals surface area contributed by atoms with E-state index in [1.807, 2.05) is 38.1 Å². The number of sulfonamides is 2. The van der Waals surface area contributed by atoms with Crippen molar-refractivity contribution in [2.45, 2.75) is 54.4 Å². The predicted octanol–water partition coefficient (Wildman–Crippen LogP) is 16.0. The third kappa shape index (κ3) is 23.1. The second kappa shape index (κ2) is 39.5. The summed E-state index contributed by atoms with van der Waals surface area (Å²) < 4.78 is 119. The molecule has 3 amide bonds. The minimum Gasteiger partial charge on any atom is -0.454 e. The molecule has 0 unspecified atom stereocenters. The number of primary amides is 1. The van der Waals surface area contributed by atoms with Gasteiger partial charge in [0, 0.05) is 155 Å². The first-order chi connectivity index (χ1) is 56.5. The van der Waals surface area contributed by atoms with Gasteiger partial charge >= 0.3 is 0 Å². The summed E-state index contributed by atoms with van der Waals surface area (Å²) in [5.41, 5.74) is 19.8. The number of hydrogen-bond donors (Lipinski definition) is 6. The number of fused-ring (bicyclic) bond motifs is 1. The van der Waals surface area contributed by atoms with Crippen LogP contribution in [-0.4, -0.2) is 59.4 Å². The van der Waals surface area contributed by atoms with E-state index in [-0.39, 0.29) is 57.7 Å². The Kier molecular flexibility index (Phi) is 29.4. The molecule has 0 aliphatic carbocycles. The van der Waals surface area contributed by atoms with Crippen molar-refractivity contribution in [1.29, 1.82) is 0 Å².